The van der Waals surface area contributed by atoms with Gasteiger partial charge in [0.2, 0.25) is 5.91 Å². The summed E-state index contributed by atoms with van der Waals surface area (Å²) in [5.41, 5.74) is 1.41. The van der Waals surface area contributed by atoms with Gasteiger partial charge in [-0.2, -0.15) is 0 Å². The summed E-state index contributed by atoms with van der Waals surface area (Å²) in [4.78, 5) is 45.0. The second-order valence-electron chi connectivity index (χ2n) is 10.4. The number of unbranched alkanes of at least 4 members (excludes halogenated alkanes) is 2. The van der Waals surface area contributed by atoms with E-state index < -0.39 is 28.7 Å². The normalized spacial score (nSPS) is 28.2. The lowest BCUT2D eigenvalue weighted by molar-refractivity contribution is -0.154. The van der Waals surface area contributed by atoms with Crippen LogP contribution in [0.1, 0.15) is 44.6 Å². The minimum Gasteiger partial charge on any atom is -0.465 e. The number of allylic oxidation sites excluding steroid dienone is 1. The van der Waals surface area contributed by atoms with E-state index in [0.29, 0.717) is 23.7 Å². The summed E-state index contributed by atoms with van der Waals surface area (Å²) in [6.07, 6.45) is 7.30. The van der Waals surface area contributed by atoms with Crippen molar-refractivity contribution >= 4 is 46.8 Å². The lowest BCUT2D eigenvalue weighted by Crippen LogP contribution is -2.57. The van der Waals surface area contributed by atoms with Crippen LogP contribution in [0.25, 0.3) is 0 Å². The van der Waals surface area contributed by atoms with Gasteiger partial charge in [0, 0.05) is 11.8 Å². The standard InChI is InChI=1S/C29H37ClN2O5S/c1-5-7-8-9-16-37-28(36)22-21-13-14-29(38-21)23(22)26(34)32(19(4)17-33)25(29)27(35)31(15-6-2)24-18(3)11-10-12-20(24)30/h5-6,10-12,19,21-23,25,33H,1-2,7-9,13-17H2,3-4H3/t19-,21+,22-,23+,25?,29?/m1/s1. The Hall–Kier alpha value is -2.29. The number of benzene rings is 1. The van der Waals surface area contributed by atoms with Gasteiger partial charge in [0.15, 0.2) is 0 Å². The van der Waals surface area contributed by atoms with Crippen molar-refractivity contribution in [2.24, 2.45) is 11.8 Å². The van der Waals surface area contributed by atoms with Crippen LogP contribution in [0.15, 0.2) is 43.5 Å². The smallest absolute Gasteiger partial charge is 0.310 e. The molecule has 4 rings (SSSR count). The number of para-hydroxylation sites is 1. The molecule has 1 spiro atoms. The predicted molar refractivity (Wildman–Crippen MR) is 151 cm³/mol. The maximum Gasteiger partial charge on any atom is 0.310 e. The summed E-state index contributed by atoms with van der Waals surface area (Å²) in [6.45, 7) is 11.4. The summed E-state index contributed by atoms with van der Waals surface area (Å²) in [5.74, 6) is -2.18. The maximum atomic E-state index is 14.5. The van der Waals surface area contributed by atoms with Gasteiger partial charge in [0.05, 0.1) is 46.5 Å². The molecule has 1 aromatic carbocycles. The summed E-state index contributed by atoms with van der Waals surface area (Å²) in [6, 6.07) is 4.01. The Morgan fingerprint density at radius 2 is 2.11 bits per heavy atom. The van der Waals surface area contributed by atoms with Crippen LogP contribution in [0, 0.1) is 18.8 Å². The first-order valence-electron chi connectivity index (χ1n) is 13.3. The molecule has 0 saturated carbocycles. The number of halogens is 1. The van der Waals surface area contributed by atoms with E-state index in [1.807, 2.05) is 25.1 Å². The van der Waals surface area contributed by atoms with E-state index >= 15 is 0 Å². The molecular weight excluding hydrogens is 524 g/mol. The number of hydrogen-bond donors (Lipinski definition) is 1. The van der Waals surface area contributed by atoms with Crippen LogP contribution in [-0.2, 0) is 19.1 Å². The second-order valence-corrected chi connectivity index (χ2v) is 12.4. The SMILES string of the molecule is C=CCCCCOC(=O)[C@@H]1[C@@H]2CCC3(S2)C(C(=O)N(CC=C)c2c(C)cccc2Cl)N([C@H](C)CO)C(=O)[C@H]13. The van der Waals surface area contributed by atoms with Crippen molar-refractivity contribution < 1.29 is 24.2 Å². The summed E-state index contributed by atoms with van der Waals surface area (Å²) >= 11 is 8.16. The Labute approximate surface area is 234 Å². The third-order valence-corrected chi connectivity index (χ3v) is 10.3. The number of esters is 1. The summed E-state index contributed by atoms with van der Waals surface area (Å²) in [7, 11) is 0. The Morgan fingerprint density at radius 1 is 1.34 bits per heavy atom. The minimum atomic E-state index is -0.849. The molecule has 7 nitrogen and oxygen atoms in total. The highest BCUT2D eigenvalue weighted by Crippen LogP contribution is 2.67. The van der Waals surface area contributed by atoms with Gasteiger partial charge >= 0.3 is 5.97 Å². The third-order valence-electron chi connectivity index (χ3n) is 8.07. The topological polar surface area (TPSA) is 87.2 Å². The van der Waals surface area contributed by atoms with E-state index in [2.05, 4.69) is 13.2 Å². The number of likely N-dealkylation sites (tertiary alicyclic amines) is 1. The van der Waals surface area contributed by atoms with E-state index in [9.17, 15) is 19.5 Å². The van der Waals surface area contributed by atoms with Gasteiger partial charge in [-0.25, -0.2) is 0 Å². The van der Waals surface area contributed by atoms with E-state index in [-0.39, 0.29) is 36.2 Å². The Bertz CT molecular complexity index is 1090. The lowest BCUT2D eigenvalue weighted by atomic mass is 9.71. The van der Waals surface area contributed by atoms with Crippen LogP contribution in [0.2, 0.25) is 5.02 Å². The van der Waals surface area contributed by atoms with Gasteiger partial charge in [-0.15, -0.1) is 24.9 Å². The first-order valence-corrected chi connectivity index (χ1v) is 14.5. The molecule has 1 N–H and O–H groups in total. The molecule has 2 unspecified atom stereocenters. The molecule has 0 aromatic heterocycles. The van der Waals surface area contributed by atoms with E-state index in [1.165, 1.54) is 4.90 Å². The van der Waals surface area contributed by atoms with Crippen LogP contribution in [0.4, 0.5) is 5.69 Å². The third kappa shape index (κ3) is 4.80. The Kier molecular flexibility index (Phi) is 8.95. The number of thioether (sulfide) groups is 1. The molecule has 3 fully saturated rings. The monoisotopic (exact) mass is 560 g/mol. The molecule has 2 bridgehead atoms. The Balaban J connectivity index is 1.70. The highest BCUT2D eigenvalue weighted by molar-refractivity contribution is 8.02. The number of rotatable bonds is 12. The zero-order valence-electron chi connectivity index (χ0n) is 22.1. The molecule has 206 valence electrons. The number of aliphatic hydroxyl groups excluding tert-OH is 1. The van der Waals surface area contributed by atoms with Gasteiger partial charge in [0.1, 0.15) is 6.04 Å². The van der Waals surface area contributed by atoms with Crippen molar-refractivity contribution in [2.45, 2.75) is 68.0 Å². The van der Waals surface area contributed by atoms with Gasteiger partial charge in [0.25, 0.3) is 5.91 Å². The molecular formula is C29H37ClN2O5S. The minimum absolute atomic E-state index is 0.0820. The number of amides is 2. The molecule has 3 aliphatic heterocycles. The van der Waals surface area contributed by atoms with Crippen LogP contribution in [-0.4, -0.2) is 69.6 Å². The number of hydrogen-bond acceptors (Lipinski definition) is 6. The highest BCUT2D eigenvalue weighted by atomic mass is 35.5. The number of fused-ring (bicyclic) bond motifs is 1. The average Bonchev–Trinajstić information content (AvgIpc) is 3.54. The largest absolute Gasteiger partial charge is 0.465 e. The van der Waals surface area contributed by atoms with Gasteiger partial charge in [-0.1, -0.05) is 35.9 Å². The summed E-state index contributed by atoms with van der Waals surface area (Å²) < 4.78 is 4.88. The number of nitrogens with zero attached hydrogens (tertiary/aromatic N) is 2. The first kappa shape index (κ1) is 28.7. The number of ether oxygens (including phenoxy) is 1. The van der Waals surface area contributed by atoms with Crippen molar-refractivity contribution in [3.05, 3.63) is 54.1 Å². The fourth-order valence-corrected chi connectivity index (χ4v) is 8.90. The molecule has 3 aliphatic rings. The molecule has 2 amide bonds. The van der Waals surface area contributed by atoms with Gasteiger partial charge < -0.3 is 19.6 Å². The van der Waals surface area contributed by atoms with Gasteiger partial charge in [-0.3, -0.25) is 14.4 Å². The number of carbonyl (C=O) groups is 3. The zero-order valence-corrected chi connectivity index (χ0v) is 23.7. The van der Waals surface area contributed by atoms with Crippen molar-refractivity contribution in [1.29, 1.82) is 0 Å². The molecule has 1 aromatic rings. The molecule has 3 heterocycles. The van der Waals surface area contributed by atoms with E-state index in [0.717, 1.165) is 31.2 Å². The fourth-order valence-electron chi connectivity index (χ4n) is 6.39. The number of aryl methyl sites for hydroxylation is 1. The summed E-state index contributed by atoms with van der Waals surface area (Å²) in [5, 5.41) is 10.4. The maximum absolute atomic E-state index is 14.5. The molecule has 0 radical (unpaired) electrons. The van der Waals surface area contributed by atoms with Crippen LogP contribution in [0.3, 0.4) is 0 Å². The first-order chi connectivity index (χ1) is 18.2. The molecule has 38 heavy (non-hydrogen) atoms. The van der Waals surface area contributed by atoms with E-state index in [4.69, 9.17) is 16.3 Å². The number of aliphatic hydroxyl groups is 1. The predicted octanol–water partition coefficient (Wildman–Crippen LogP) is 4.54. The second kappa shape index (κ2) is 11.8. The molecule has 0 aliphatic carbocycles. The van der Waals surface area contributed by atoms with Crippen LogP contribution in [0.5, 0.6) is 0 Å². The Morgan fingerprint density at radius 3 is 2.76 bits per heavy atom. The number of carbonyl (C=O) groups excluding carboxylic acids is 3. The van der Waals surface area contributed by atoms with Crippen LogP contribution >= 0.6 is 23.4 Å². The van der Waals surface area contributed by atoms with Crippen molar-refractivity contribution in [3.8, 4) is 0 Å². The average molecular weight is 561 g/mol. The molecule has 6 atom stereocenters. The van der Waals surface area contributed by atoms with Crippen molar-refractivity contribution in [2.75, 3.05) is 24.7 Å². The zero-order chi connectivity index (χ0) is 27.6. The van der Waals surface area contributed by atoms with E-state index in [1.54, 1.807) is 35.7 Å². The lowest BCUT2D eigenvalue weighted by Gasteiger charge is -2.39. The molecule has 3 saturated heterocycles. The fraction of sp³-hybridized carbons (Fsp3) is 0.552. The van der Waals surface area contributed by atoms with Crippen molar-refractivity contribution in [3.63, 3.8) is 0 Å². The quantitative estimate of drug-likeness (QED) is 0.229. The number of anilines is 1. The van der Waals surface area contributed by atoms with Crippen molar-refractivity contribution in [1.82, 2.24) is 4.90 Å². The molecule has 9 heteroatoms. The van der Waals surface area contributed by atoms with Gasteiger partial charge in [-0.05, 0) is 57.6 Å². The van der Waals surface area contributed by atoms with Crippen LogP contribution < -0.4 is 4.90 Å². The highest BCUT2D eigenvalue weighted by Gasteiger charge is 2.74.